The highest BCUT2D eigenvalue weighted by Crippen LogP contribution is 2.16. The second kappa shape index (κ2) is 7.29. The summed E-state index contributed by atoms with van der Waals surface area (Å²) in [6, 6.07) is 5.51. The SMILES string of the molecule is CNS(=O)(=O)NC1CCN(C(=O)Nc2ccc(C)c(C)c2)CC1. The Balaban J connectivity index is 1.87. The molecule has 2 rings (SSSR count). The molecule has 1 aliphatic heterocycles. The van der Waals surface area contributed by atoms with Crippen molar-refractivity contribution in [2.45, 2.75) is 32.7 Å². The number of hydrogen-bond acceptors (Lipinski definition) is 3. The predicted octanol–water partition coefficient (Wildman–Crippen LogP) is 1.35. The second-order valence-electron chi connectivity index (χ2n) is 5.82. The first-order chi connectivity index (χ1) is 10.8. The zero-order valence-electron chi connectivity index (χ0n) is 13.7. The Morgan fingerprint density at radius 2 is 1.83 bits per heavy atom. The number of anilines is 1. The summed E-state index contributed by atoms with van der Waals surface area (Å²) in [5.41, 5.74) is 3.08. The van der Waals surface area contributed by atoms with E-state index in [0.29, 0.717) is 25.9 Å². The van der Waals surface area contributed by atoms with Gasteiger partial charge in [0.1, 0.15) is 0 Å². The Kier molecular flexibility index (Phi) is 5.61. The number of nitrogens with zero attached hydrogens (tertiary/aromatic N) is 1. The van der Waals surface area contributed by atoms with Crippen molar-refractivity contribution in [3.8, 4) is 0 Å². The van der Waals surface area contributed by atoms with E-state index in [1.807, 2.05) is 32.0 Å². The zero-order chi connectivity index (χ0) is 17.0. The number of likely N-dealkylation sites (tertiary alicyclic amines) is 1. The van der Waals surface area contributed by atoms with Crippen molar-refractivity contribution in [3.63, 3.8) is 0 Å². The summed E-state index contributed by atoms with van der Waals surface area (Å²) in [5, 5.41) is 2.89. The highest BCUT2D eigenvalue weighted by Gasteiger charge is 2.25. The molecule has 1 aromatic rings. The highest BCUT2D eigenvalue weighted by atomic mass is 32.2. The molecule has 0 spiro atoms. The zero-order valence-corrected chi connectivity index (χ0v) is 14.5. The molecule has 2 amide bonds. The van der Waals surface area contributed by atoms with Crippen LogP contribution in [0.25, 0.3) is 0 Å². The minimum Gasteiger partial charge on any atom is -0.324 e. The van der Waals surface area contributed by atoms with Gasteiger partial charge >= 0.3 is 6.03 Å². The lowest BCUT2D eigenvalue weighted by Crippen LogP contribution is -2.49. The van der Waals surface area contributed by atoms with Crippen molar-refractivity contribution in [2.75, 3.05) is 25.5 Å². The standard InChI is InChI=1S/C15H24N4O3S/c1-11-4-5-14(10-12(11)2)17-15(20)19-8-6-13(7-9-19)18-23(21,22)16-3/h4-5,10,13,16,18H,6-9H2,1-3H3,(H,17,20). The van der Waals surface area contributed by atoms with Crippen LogP contribution >= 0.6 is 0 Å². The van der Waals surface area contributed by atoms with E-state index < -0.39 is 10.2 Å². The number of amides is 2. The lowest BCUT2D eigenvalue weighted by molar-refractivity contribution is 0.193. The van der Waals surface area contributed by atoms with Crippen molar-refractivity contribution in [1.82, 2.24) is 14.3 Å². The van der Waals surface area contributed by atoms with E-state index in [1.165, 1.54) is 12.6 Å². The van der Waals surface area contributed by atoms with Crippen molar-refractivity contribution in [1.29, 1.82) is 0 Å². The maximum atomic E-state index is 12.3. The molecular weight excluding hydrogens is 316 g/mol. The lowest BCUT2D eigenvalue weighted by Gasteiger charge is -2.32. The maximum Gasteiger partial charge on any atom is 0.321 e. The van der Waals surface area contributed by atoms with Gasteiger partial charge in [-0.05, 0) is 49.9 Å². The van der Waals surface area contributed by atoms with Gasteiger partial charge in [0.15, 0.2) is 0 Å². The van der Waals surface area contributed by atoms with Gasteiger partial charge in [0.2, 0.25) is 0 Å². The largest absolute Gasteiger partial charge is 0.324 e. The van der Waals surface area contributed by atoms with Crippen molar-refractivity contribution in [3.05, 3.63) is 29.3 Å². The van der Waals surface area contributed by atoms with Gasteiger partial charge in [-0.3, -0.25) is 0 Å². The molecule has 0 aromatic heterocycles. The third kappa shape index (κ3) is 4.92. The van der Waals surface area contributed by atoms with Crippen LogP contribution < -0.4 is 14.8 Å². The first kappa shape index (κ1) is 17.7. The van der Waals surface area contributed by atoms with Crippen LogP contribution in [0.5, 0.6) is 0 Å². The fourth-order valence-electron chi connectivity index (χ4n) is 2.50. The smallest absolute Gasteiger partial charge is 0.321 e. The number of carbonyl (C=O) groups excluding carboxylic acids is 1. The van der Waals surface area contributed by atoms with Crippen LogP contribution in [0, 0.1) is 13.8 Å². The number of benzene rings is 1. The third-order valence-electron chi connectivity index (χ3n) is 4.13. The fourth-order valence-corrected chi connectivity index (χ4v) is 3.29. The molecule has 8 heteroatoms. The van der Waals surface area contributed by atoms with Gasteiger partial charge in [-0.1, -0.05) is 6.07 Å². The molecule has 1 aliphatic rings. The number of rotatable bonds is 4. The summed E-state index contributed by atoms with van der Waals surface area (Å²) in [6.45, 7) is 5.07. The molecule has 0 unspecified atom stereocenters. The number of urea groups is 1. The minimum absolute atomic E-state index is 0.141. The molecule has 0 aliphatic carbocycles. The summed E-state index contributed by atoms with van der Waals surface area (Å²) >= 11 is 0. The first-order valence-electron chi connectivity index (χ1n) is 7.64. The Labute approximate surface area is 137 Å². The van der Waals surface area contributed by atoms with E-state index in [0.717, 1.165) is 11.3 Å². The van der Waals surface area contributed by atoms with E-state index in [1.54, 1.807) is 4.90 Å². The number of carbonyl (C=O) groups is 1. The molecule has 1 fully saturated rings. The summed E-state index contributed by atoms with van der Waals surface area (Å²) < 4.78 is 27.7. The molecule has 1 saturated heterocycles. The molecule has 0 atom stereocenters. The van der Waals surface area contributed by atoms with Gasteiger partial charge < -0.3 is 10.2 Å². The van der Waals surface area contributed by atoms with Gasteiger partial charge in [0.05, 0.1) is 0 Å². The Morgan fingerprint density at radius 3 is 2.39 bits per heavy atom. The summed E-state index contributed by atoms with van der Waals surface area (Å²) in [6.07, 6.45) is 1.20. The number of aryl methyl sites for hydroxylation is 2. The summed E-state index contributed by atoms with van der Waals surface area (Å²) in [4.78, 5) is 14.0. The van der Waals surface area contributed by atoms with Crippen LogP contribution in [-0.4, -0.2) is 45.5 Å². The second-order valence-corrected chi connectivity index (χ2v) is 7.47. The van der Waals surface area contributed by atoms with E-state index in [4.69, 9.17) is 0 Å². The van der Waals surface area contributed by atoms with Crippen LogP contribution in [0.1, 0.15) is 24.0 Å². The summed E-state index contributed by atoms with van der Waals surface area (Å²) in [7, 11) is -2.06. The van der Waals surface area contributed by atoms with E-state index in [9.17, 15) is 13.2 Å². The van der Waals surface area contributed by atoms with Crippen LogP contribution in [-0.2, 0) is 10.2 Å². The molecule has 128 valence electrons. The molecule has 0 bridgehead atoms. The molecule has 0 saturated carbocycles. The Hall–Kier alpha value is -1.64. The first-order valence-corrected chi connectivity index (χ1v) is 9.13. The van der Waals surface area contributed by atoms with Crippen molar-refractivity contribution in [2.24, 2.45) is 0 Å². The number of piperidine rings is 1. The fraction of sp³-hybridized carbons (Fsp3) is 0.533. The minimum atomic E-state index is -3.43. The Bertz CT molecular complexity index is 667. The molecule has 0 radical (unpaired) electrons. The van der Waals surface area contributed by atoms with Gasteiger partial charge in [-0.25, -0.2) is 9.52 Å². The van der Waals surface area contributed by atoms with Crippen LogP contribution in [0.15, 0.2) is 18.2 Å². The molecule has 1 heterocycles. The molecule has 7 nitrogen and oxygen atoms in total. The van der Waals surface area contributed by atoms with Crippen molar-refractivity contribution >= 4 is 21.9 Å². The maximum absolute atomic E-state index is 12.3. The third-order valence-corrected chi connectivity index (χ3v) is 5.31. The topological polar surface area (TPSA) is 90.5 Å². The summed E-state index contributed by atoms with van der Waals surface area (Å²) in [5.74, 6) is 0. The Morgan fingerprint density at radius 1 is 1.17 bits per heavy atom. The highest BCUT2D eigenvalue weighted by molar-refractivity contribution is 7.87. The van der Waals surface area contributed by atoms with E-state index in [2.05, 4.69) is 14.8 Å². The van der Waals surface area contributed by atoms with Crippen LogP contribution in [0.3, 0.4) is 0 Å². The van der Waals surface area contributed by atoms with Crippen LogP contribution in [0.4, 0.5) is 10.5 Å². The van der Waals surface area contributed by atoms with Crippen LogP contribution in [0.2, 0.25) is 0 Å². The number of hydrogen-bond donors (Lipinski definition) is 3. The van der Waals surface area contributed by atoms with Gasteiger partial charge in [0, 0.05) is 31.9 Å². The molecule has 23 heavy (non-hydrogen) atoms. The van der Waals surface area contributed by atoms with E-state index in [-0.39, 0.29) is 12.1 Å². The predicted molar refractivity (Wildman–Crippen MR) is 90.6 cm³/mol. The quantitative estimate of drug-likeness (QED) is 0.773. The number of nitrogens with one attached hydrogen (secondary N) is 3. The average Bonchev–Trinajstić information content (AvgIpc) is 2.51. The lowest BCUT2D eigenvalue weighted by atomic mass is 10.1. The van der Waals surface area contributed by atoms with E-state index >= 15 is 0 Å². The van der Waals surface area contributed by atoms with Gasteiger partial charge in [-0.15, -0.1) is 0 Å². The van der Waals surface area contributed by atoms with Gasteiger partial charge in [0.25, 0.3) is 10.2 Å². The molecule has 1 aromatic carbocycles. The van der Waals surface area contributed by atoms with Crippen molar-refractivity contribution < 1.29 is 13.2 Å². The van der Waals surface area contributed by atoms with Gasteiger partial charge in [-0.2, -0.15) is 13.1 Å². The average molecular weight is 340 g/mol. The normalized spacial score (nSPS) is 16.4. The monoisotopic (exact) mass is 340 g/mol. The molecule has 3 N–H and O–H groups in total. The molecular formula is C15H24N4O3S.